The Morgan fingerprint density at radius 2 is 1.73 bits per heavy atom. The van der Waals surface area contributed by atoms with Crippen LogP contribution >= 0.6 is 0 Å². The molecule has 8 nitrogen and oxygen atoms in total. The number of ether oxygens (including phenoxy) is 5. The molecule has 2 spiro atoms. The molecule has 48 heavy (non-hydrogen) atoms. The van der Waals surface area contributed by atoms with E-state index in [-0.39, 0.29) is 40.8 Å². The van der Waals surface area contributed by atoms with Gasteiger partial charge < -0.3 is 33.9 Å². The summed E-state index contributed by atoms with van der Waals surface area (Å²) in [7, 11) is 0. The molecule has 8 heteroatoms. The van der Waals surface area contributed by atoms with Crippen LogP contribution in [0.4, 0.5) is 0 Å². The maximum absolute atomic E-state index is 12.6. The molecule has 8 fully saturated rings. The molecule has 274 valence electrons. The molecule has 8 aliphatic rings. The van der Waals surface area contributed by atoms with E-state index in [1.807, 2.05) is 20.8 Å². The van der Waals surface area contributed by atoms with Crippen LogP contribution in [0.2, 0.25) is 0 Å². The Labute approximate surface area is 290 Å². The number of fused-ring (bicyclic) bond motifs is 4. The topological polar surface area (TPSA) is 89.9 Å². The number of hydrogen-bond donors (Lipinski definition) is 2. The van der Waals surface area contributed by atoms with Gasteiger partial charge in [0.1, 0.15) is 6.10 Å². The molecule has 3 heterocycles. The maximum atomic E-state index is 12.6. The summed E-state index contributed by atoms with van der Waals surface area (Å²) in [6.45, 7) is 22.8. The minimum atomic E-state index is -1.01. The van der Waals surface area contributed by atoms with Crippen molar-refractivity contribution in [3.63, 3.8) is 0 Å². The second-order valence-electron chi connectivity index (χ2n) is 19.5. The highest BCUT2D eigenvalue weighted by molar-refractivity contribution is 5.33. The predicted molar refractivity (Wildman–Crippen MR) is 183 cm³/mol. The van der Waals surface area contributed by atoms with Gasteiger partial charge in [0.05, 0.1) is 43.2 Å². The average molecular weight is 674 g/mol. The standard InChI is InChI=1S/C40H67NO7/c1-9-45-34(36(5,6)43)26-20-24(2)31-32(47-26)33(42)38(8)28-11-10-27-35(3,4)29(12-14-39(27)23-40(28,39)16-15-37(31,38)7)48-30-21-41(17-19-46-30)25-13-18-44-22-25/h24-34,42-43H,9-23H2,1-8H3/t24-,25?,26-,27+,28+,29+,30+,31+,32+,33+,34+,37-,38-,39-,40+/m1/s1. The van der Waals surface area contributed by atoms with Crippen LogP contribution in [-0.2, 0) is 23.7 Å². The molecule has 3 aliphatic heterocycles. The average Bonchev–Trinajstić information content (AvgIpc) is 3.29. The molecular formula is C40H67NO7. The highest BCUT2D eigenvalue weighted by Crippen LogP contribution is 2.89. The number of aliphatic hydroxyl groups is 2. The Hall–Kier alpha value is -0.320. The first-order valence-electron chi connectivity index (χ1n) is 19.9. The van der Waals surface area contributed by atoms with Gasteiger partial charge in [-0.25, -0.2) is 0 Å². The maximum Gasteiger partial charge on any atom is 0.170 e. The highest BCUT2D eigenvalue weighted by atomic mass is 16.7. The van der Waals surface area contributed by atoms with Crippen molar-refractivity contribution in [3.8, 4) is 0 Å². The largest absolute Gasteiger partial charge is 0.390 e. The van der Waals surface area contributed by atoms with Crippen LogP contribution in [0.25, 0.3) is 0 Å². The molecule has 3 saturated heterocycles. The zero-order chi connectivity index (χ0) is 34.1. The highest BCUT2D eigenvalue weighted by Gasteiger charge is 2.84. The summed E-state index contributed by atoms with van der Waals surface area (Å²) in [5.41, 5.74) is -0.445. The Kier molecular flexibility index (Phi) is 8.39. The van der Waals surface area contributed by atoms with Crippen molar-refractivity contribution in [2.24, 2.45) is 50.7 Å². The van der Waals surface area contributed by atoms with Crippen LogP contribution in [0, 0.1) is 50.7 Å². The van der Waals surface area contributed by atoms with Crippen LogP contribution in [0.15, 0.2) is 0 Å². The summed E-state index contributed by atoms with van der Waals surface area (Å²) in [6.07, 6.45) is 9.18. The number of aliphatic hydroxyl groups excluding tert-OH is 1. The van der Waals surface area contributed by atoms with Gasteiger partial charge in [-0.3, -0.25) is 4.90 Å². The lowest BCUT2D eigenvalue weighted by molar-refractivity contribution is -0.251. The Morgan fingerprint density at radius 3 is 2.44 bits per heavy atom. The molecule has 5 aliphatic carbocycles. The fourth-order valence-corrected chi connectivity index (χ4v) is 14.7. The van der Waals surface area contributed by atoms with Gasteiger partial charge in [0.2, 0.25) is 0 Å². The molecule has 8 rings (SSSR count). The first kappa shape index (κ1) is 34.7. The molecule has 15 atom stereocenters. The zero-order valence-electron chi connectivity index (χ0n) is 31.3. The molecule has 5 saturated carbocycles. The van der Waals surface area contributed by atoms with Gasteiger partial charge in [0.25, 0.3) is 0 Å². The number of rotatable bonds is 7. The fourth-order valence-electron chi connectivity index (χ4n) is 14.7. The quantitative estimate of drug-likeness (QED) is 0.350. The van der Waals surface area contributed by atoms with Crippen molar-refractivity contribution < 1.29 is 33.9 Å². The monoisotopic (exact) mass is 673 g/mol. The van der Waals surface area contributed by atoms with Crippen LogP contribution in [-0.4, -0.2) is 103 Å². The fraction of sp³-hybridized carbons (Fsp3) is 1.00. The zero-order valence-corrected chi connectivity index (χ0v) is 31.3. The van der Waals surface area contributed by atoms with E-state index >= 15 is 0 Å². The van der Waals surface area contributed by atoms with Crippen molar-refractivity contribution in [2.75, 3.05) is 39.5 Å². The summed E-state index contributed by atoms with van der Waals surface area (Å²) in [5, 5.41) is 23.7. The molecule has 1 unspecified atom stereocenters. The van der Waals surface area contributed by atoms with Gasteiger partial charge in [-0.2, -0.15) is 0 Å². The van der Waals surface area contributed by atoms with Gasteiger partial charge in [-0.15, -0.1) is 0 Å². The Balaban J connectivity index is 1.02. The summed E-state index contributed by atoms with van der Waals surface area (Å²) < 4.78 is 32.0. The van der Waals surface area contributed by atoms with Crippen LogP contribution < -0.4 is 0 Å². The minimum Gasteiger partial charge on any atom is -0.390 e. The number of hydrogen-bond acceptors (Lipinski definition) is 8. The van der Waals surface area contributed by atoms with E-state index in [0.717, 1.165) is 52.2 Å². The van der Waals surface area contributed by atoms with E-state index in [4.69, 9.17) is 23.7 Å². The van der Waals surface area contributed by atoms with Gasteiger partial charge >= 0.3 is 0 Å². The van der Waals surface area contributed by atoms with Gasteiger partial charge in [-0.1, -0.05) is 34.6 Å². The first-order chi connectivity index (χ1) is 22.6. The lowest BCUT2D eigenvalue weighted by Crippen LogP contribution is -2.60. The van der Waals surface area contributed by atoms with E-state index in [0.29, 0.717) is 47.2 Å². The Morgan fingerprint density at radius 1 is 0.979 bits per heavy atom. The van der Waals surface area contributed by atoms with Crippen molar-refractivity contribution in [1.82, 2.24) is 4.90 Å². The lowest BCUT2D eigenvalue weighted by Gasteiger charge is -2.64. The van der Waals surface area contributed by atoms with E-state index < -0.39 is 17.8 Å². The van der Waals surface area contributed by atoms with Gasteiger partial charge in [0, 0.05) is 37.8 Å². The SMILES string of the molecule is CCO[C@@H]([C@H]1C[C@@H](C)[C@H]2[C@H](O1)[C@H](O)[C@@]1(C)[C@@H]3CC[C@H]4C(C)(C)[C@@H](O[C@H]5CN(C6CCOC6)CCO5)CC[C@@]45C[C@@]35CC[C@]21C)C(C)(C)O. The molecule has 0 aromatic carbocycles. The molecule has 0 aromatic rings. The summed E-state index contributed by atoms with van der Waals surface area (Å²) in [6, 6.07) is 0.504. The smallest absolute Gasteiger partial charge is 0.170 e. The molecule has 0 aromatic heterocycles. The molecule has 0 radical (unpaired) electrons. The number of morpholine rings is 1. The lowest BCUT2D eigenvalue weighted by atomic mass is 9.41. The predicted octanol–water partition coefficient (Wildman–Crippen LogP) is 5.81. The van der Waals surface area contributed by atoms with Crippen molar-refractivity contribution in [2.45, 2.75) is 162 Å². The minimum absolute atomic E-state index is 0.0221. The van der Waals surface area contributed by atoms with E-state index in [1.165, 1.54) is 38.5 Å². The molecule has 0 bridgehead atoms. The Bertz CT molecular complexity index is 1220. The third-order valence-electron chi connectivity index (χ3n) is 16.9. The first-order valence-corrected chi connectivity index (χ1v) is 19.9. The van der Waals surface area contributed by atoms with E-state index in [9.17, 15) is 10.2 Å². The molecule has 2 N–H and O–H groups in total. The van der Waals surface area contributed by atoms with Crippen LogP contribution in [0.3, 0.4) is 0 Å². The molecule has 0 amide bonds. The molecular weight excluding hydrogens is 606 g/mol. The summed E-state index contributed by atoms with van der Waals surface area (Å²) in [5.74, 6) is 1.85. The van der Waals surface area contributed by atoms with Crippen molar-refractivity contribution in [1.29, 1.82) is 0 Å². The van der Waals surface area contributed by atoms with Gasteiger partial charge in [0.15, 0.2) is 6.29 Å². The normalized spacial score (nSPS) is 53.6. The van der Waals surface area contributed by atoms with Crippen LogP contribution in [0.5, 0.6) is 0 Å². The third kappa shape index (κ3) is 4.67. The van der Waals surface area contributed by atoms with Crippen molar-refractivity contribution in [3.05, 3.63) is 0 Å². The van der Waals surface area contributed by atoms with E-state index in [2.05, 4.69) is 39.5 Å². The second kappa shape index (κ2) is 11.6. The van der Waals surface area contributed by atoms with Crippen molar-refractivity contribution >= 4 is 0 Å². The third-order valence-corrected chi connectivity index (χ3v) is 16.9. The summed E-state index contributed by atoms with van der Waals surface area (Å²) in [4.78, 5) is 2.54. The van der Waals surface area contributed by atoms with E-state index in [1.54, 1.807) is 0 Å². The van der Waals surface area contributed by atoms with Crippen LogP contribution in [0.1, 0.15) is 113 Å². The van der Waals surface area contributed by atoms with Gasteiger partial charge in [-0.05, 0) is 124 Å². The second-order valence-corrected chi connectivity index (χ2v) is 19.5. The summed E-state index contributed by atoms with van der Waals surface area (Å²) >= 11 is 0. The number of nitrogens with zero attached hydrogens (tertiary/aromatic N) is 1.